The Hall–Kier alpha value is -1.62. The van der Waals surface area contributed by atoms with Crippen molar-refractivity contribution in [2.24, 2.45) is 5.73 Å². The molecule has 90 valence electrons. The number of primary amides is 1. The summed E-state index contributed by atoms with van der Waals surface area (Å²) in [6.45, 7) is 1.67. The highest BCUT2D eigenvalue weighted by Gasteiger charge is 2.16. The van der Waals surface area contributed by atoms with Crippen LogP contribution in [0.3, 0.4) is 0 Å². The van der Waals surface area contributed by atoms with Crippen molar-refractivity contribution in [1.82, 2.24) is 9.55 Å². The molecule has 1 unspecified atom stereocenters. The van der Waals surface area contributed by atoms with Gasteiger partial charge in [-0.2, -0.15) is 0 Å². The first kappa shape index (κ1) is 11.9. The van der Waals surface area contributed by atoms with Crippen LogP contribution >= 0.6 is 11.6 Å². The zero-order valence-corrected chi connectivity index (χ0v) is 9.91. The van der Waals surface area contributed by atoms with Gasteiger partial charge in [-0.05, 0) is 25.1 Å². The fraction of sp³-hybridized carbons (Fsp3) is 0.273. The van der Waals surface area contributed by atoms with Crippen molar-refractivity contribution >= 4 is 28.5 Å². The fourth-order valence-corrected chi connectivity index (χ4v) is 1.91. The molecule has 0 radical (unpaired) electrons. The molecule has 2 rings (SSSR count). The Morgan fingerprint density at radius 3 is 2.94 bits per heavy atom. The highest BCUT2D eigenvalue weighted by molar-refractivity contribution is 6.20. The van der Waals surface area contributed by atoms with Gasteiger partial charge in [0.25, 0.3) is 0 Å². The summed E-state index contributed by atoms with van der Waals surface area (Å²) in [6.07, 6.45) is 0. The molecule has 1 atom stereocenters. The molecule has 0 aliphatic heterocycles. The maximum absolute atomic E-state index is 13.2. The van der Waals surface area contributed by atoms with E-state index < -0.39 is 11.7 Å². The molecule has 0 aliphatic carbocycles. The van der Waals surface area contributed by atoms with Crippen LogP contribution in [0.4, 0.5) is 4.39 Å². The molecule has 17 heavy (non-hydrogen) atoms. The number of hydrogen-bond acceptors (Lipinski definition) is 2. The zero-order chi connectivity index (χ0) is 12.6. The number of hydrogen-bond donors (Lipinski definition) is 1. The number of carbonyl (C=O) groups is 1. The van der Waals surface area contributed by atoms with E-state index in [-0.39, 0.29) is 11.9 Å². The lowest BCUT2D eigenvalue weighted by Crippen LogP contribution is -2.20. The number of halogens is 2. The Labute approximate surface area is 102 Å². The van der Waals surface area contributed by atoms with E-state index in [2.05, 4.69) is 4.98 Å². The van der Waals surface area contributed by atoms with Gasteiger partial charge in [0.15, 0.2) is 0 Å². The van der Waals surface area contributed by atoms with Crippen LogP contribution in [0.2, 0.25) is 0 Å². The first-order chi connectivity index (χ1) is 7.99. The van der Waals surface area contributed by atoms with Crippen molar-refractivity contribution in [2.75, 3.05) is 0 Å². The number of benzene rings is 1. The van der Waals surface area contributed by atoms with E-state index in [4.69, 9.17) is 17.3 Å². The molecule has 0 fully saturated rings. The first-order valence-electron chi connectivity index (χ1n) is 5.07. The van der Waals surface area contributed by atoms with E-state index in [0.717, 1.165) is 0 Å². The largest absolute Gasteiger partial charge is 0.368 e. The SMILES string of the molecule is CC(Cl)c1nc2ccc(F)cc2n1CC(N)=O. The molecule has 2 aromatic rings. The van der Waals surface area contributed by atoms with Crippen molar-refractivity contribution in [2.45, 2.75) is 18.8 Å². The van der Waals surface area contributed by atoms with Crippen molar-refractivity contribution in [3.63, 3.8) is 0 Å². The lowest BCUT2D eigenvalue weighted by atomic mass is 10.3. The van der Waals surface area contributed by atoms with Gasteiger partial charge in [0.2, 0.25) is 5.91 Å². The van der Waals surface area contributed by atoms with Gasteiger partial charge in [-0.25, -0.2) is 9.37 Å². The number of imidazole rings is 1. The maximum Gasteiger partial charge on any atom is 0.237 e. The summed E-state index contributed by atoms with van der Waals surface area (Å²) in [5, 5.41) is -0.384. The zero-order valence-electron chi connectivity index (χ0n) is 9.15. The van der Waals surface area contributed by atoms with Crippen molar-refractivity contribution in [3.8, 4) is 0 Å². The number of aromatic nitrogens is 2. The van der Waals surface area contributed by atoms with Crippen molar-refractivity contribution in [3.05, 3.63) is 29.8 Å². The van der Waals surface area contributed by atoms with Gasteiger partial charge in [0.1, 0.15) is 18.2 Å². The lowest BCUT2D eigenvalue weighted by Gasteiger charge is -2.07. The third-order valence-electron chi connectivity index (χ3n) is 2.41. The van der Waals surface area contributed by atoms with Gasteiger partial charge in [-0.15, -0.1) is 11.6 Å². The second-order valence-corrected chi connectivity index (χ2v) is 4.43. The Morgan fingerprint density at radius 2 is 2.35 bits per heavy atom. The van der Waals surface area contributed by atoms with E-state index in [0.29, 0.717) is 16.9 Å². The third-order valence-corrected chi connectivity index (χ3v) is 2.60. The highest BCUT2D eigenvalue weighted by Crippen LogP contribution is 2.24. The topological polar surface area (TPSA) is 60.9 Å². The molecule has 0 spiro atoms. The molecule has 4 nitrogen and oxygen atoms in total. The standard InChI is InChI=1S/C11H11ClFN3O/c1-6(12)11-15-8-3-2-7(13)4-9(8)16(11)5-10(14)17/h2-4,6H,5H2,1H3,(H2,14,17). The van der Waals surface area contributed by atoms with Crippen LogP contribution in [0.1, 0.15) is 18.1 Å². The monoisotopic (exact) mass is 255 g/mol. The van der Waals surface area contributed by atoms with Crippen LogP contribution in [0.25, 0.3) is 11.0 Å². The van der Waals surface area contributed by atoms with Gasteiger partial charge in [0.05, 0.1) is 16.4 Å². The second-order valence-electron chi connectivity index (χ2n) is 3.77. The Morgan fingerprint density at radius 1 is 1.65 bits per heavy atom. The summed E-state index contributed by atoms with van der Waals surface area (Å²) >= 11 is 5.97. The number of nitrogens with zero attached hydrogens (tertiary/aromatic N) is 2. The molecule has 0 aliphatic rings. The normalized spacial score (nSPS) is 12.9. The van der Waals surface area contributed by atoms with Crippen LogP contribution in [0.15, 0.2) is 18.2 Å². The van der Waals surface area contributed by atoms with Crippen LogP contribution in [0, 0.1) is 5.82 Å². The van der Waals surface area contributed by atoms with Crippen molar-refractivity contribution in [1.29, 1.82) is 0 Å². The molecule has 1 aromatic heterocycles. The van der Waals surface area contributed by atoms with Gasteiger partial charge in [-0.3, -0.25) is 4.79 Å². The summed E-state index contributed by atoms with van der Waals surface area (Å²) in [5.41, 5.74) is 6.27. The minimum Gasteiger partial charge on any atom is -0.368 e. The molecule has 1 amide bonds. The minimum atomic E-state index is -0.521. The predicted molar refractivity (Wildman–Crippen MR) is 63.2 cm³/mol. The van der Waals surface area contributed by atoms with Gasteiger partial charge in [0, 0.05) is 0 Å². The number of carbonyl (C=O) groups excluding carboxylic acids is 1. The van der Waals surface area contributed by atoms with Crippen LogP contribution < -0.4 is 5.73 Å². The molecule has 1 aromatic carbocycles. The summed E-state index contributed by atoms with van der Waals surface area (Å²) < 4.78 is 14.7. The average molecular weight is 256 g/mol. The lowest BCUT2D eigenvalue weighted by molar-refractivity contribution is -0.118. The average Bonchev–Trinajstić information content (AvgIpc) is 2.56. The Bertz CT molecular complexity index is 579. The van der Waals surface area contributed by atoms with Crippen molar-refractivity contribution < 1.29 is 9.18 Å². The number of fused-ring (bicyclic) bond motifs is 1. The first-order valence-corrected chi connectivity index (χ1v) is 5.50. The molecule has 0 bridgehead atoms. The Balaban J connectivity index is 2.68. The van der Waals surface area contributed by atoms with Crippen LogP contribution in [-0.2, 0) is 11.3 Å². The molecule has 2 N–H and O–H groups in total. The third kappa shape index (κ3) is 2.24. The molecular weight excluding hydrogens is 245 g/mol. The predicted octanol–water partition coefficient (Wildman–Crippen LogP) is 1.96. The van der Waals surface area contributed by atoms with E-state index in [9.17, 15) is 9.18 Å². The molecule has 0 saturated heterocycles. The summed E-state index contributed by atoms with van der Waals surface area (Å²) in [7, 11) is 0. The van der Waals surface area contributed by atoms with E-state index in [1.165, 1.54) is 12.1 Å². The summed E-state index contributed by atoms with van der Waals surface area (Å²) in [4.78, 5) is 15.3. The van der Waals surface area contributed by atoms with Gasteiger partial charge in [-0.1, -0.05) is 0 Å². The van der Waals surface area contributed by atoms with E-state index in [1.54, 1.807) is 17.6 Å². The number of nitrogens with two attached hydrogens (primary N) is 1. The Kier molecular flexibility index (Phi) is 3.02. The quantitative estimate of drug-likeness (QED) is 0.853. The second kappa shape index (κ2) is 4.33. The van der Waals surface area contributed by atoms with E-state index >= 15 is 0 Å². The van der Waals surface area contributed by atoms with Gasteiger partial charge < -0.3 is 10.3 Å². The fourth-order valence-electron chi connectivity index (χ4n) is 1.74. The van der Waals surface area contributed by atoms with Gasteiger partial charge >= 0.3 is 0 Å². The molecular formula is C11H11ClFN3O. The molecule has 0 saturated carbocycles. The maximum atomic E-state index is 13.2. The summed E-state index contributed by atoms with van der Waals surface area (Å²) in [6, 6.07) is 4.17. The molecule has 1 heterocycles. The number of rotatable bonds is 3. The molecule has 6 heteroatoms. The highest BCUT2D eigenvalue weighted by atomic mass is 35.5. The number of alkyl halides is 1. The minimum absolute atomic E-state index is 0.0631. The van der Waals surface area contributed by atoms with Crippen LogP contribution in [0.5, 0.6) is 0 Å². The smallest absolute Gasteiger partial charge is 0.237 e. The van der Waals surface area contributed by atoms with E-state index in [1.807, 2.05) is 0 Å². The summed E-state index contributed by atoms with van der Waals surface area (Å²) in [5.74, 6) is -0.407. The van der Waals surface area contributed by atoms with Crippen LogP contribution in [-0.4, -0.2) is 15.5 Å². The number of amides is 1.